The van der Waals surface area contributed by atoms with Gasteiger partial charge in [-0.1, -0.05) is 0 Å². The van der Waals surface area contributed by atoms with Crippen LogP contribution in [0.4, 0.5) is 0 Å². The van der Waals surface area contributed by atoms with Crippen molar-refractivity contribution in [3.05, 3.63) is 0 Å². The van der Waals surface area contributed by atoms with Gasteiger partial charge in [-0.3, -0.25) is 0 Å². The van der Waals surface area contributed by atoms with Crippen molar-refractivity contribution in [3.8, 4) is 0 Å². The van der Waals surface area contributed by atoms with Crippen molar-refractivity contribution >= 4 is 59.7 Å². The summed E-state index contributed by atoms with van der Waals surface area (Å²) in [6.07, 6.45) is 0. The first-order valence-corrected chi connectivity index (χ1v) is 6.17. The van der Waals surface area contributed by atoms with Gasteiger partial charge in [0, 0.05) is 37.1 Å². The predicted octanol–water partition coefficient (Wildman–Crippen LogP) is -17.2. The summed E-state index contributed by atoms with van der Waals surface area (Å²) in [6, 6.07) is 0. The van der Waals surface area contributed by atoms with Gasteiger partial charge in [-0.15, -0.1) is 0 Å². The van der Waals surface area contributed by atoms with E-state index in [1.807, 2.05) is 0 Å². The smallest absolute Gasteiger partial charge is 0.348 e. The third-order valence-electron chi connectivity index (χ3n) is 1.21. The van der Waals surface area contributed by atoms with E-state index in [0.717, 1.165) is 0 Å². The Bertz CT molecular complexity index is 633. The fraction of sp³-hybridized carbons (Fsp3) is 0. The molecule has 0 atom stereocenters. The van der Waals surface area contributed by atoms with E-state index in [1.54, 1.807) is 0 Å². The fourth-order valence-corrected chi connectivity index (χ4v) is 0.170. The van der Waals surface area contributed by atoms with E-state index in [4.69, 9.17) is 75.8 Å². The van der Waals surface area contributed by atoms with E-state index in [9.17, 15) is 24.0 Å². The van der Waals surface area contributed by atoms with Gasteiger partial charge in [0.15, 0.2) is 29.8 Å². The summed E-state index contributed by atoms with van der Waals surface area (Å²) in [5, 5.41) is 89.7. The quantitative estimate of drug-likeness (QED) is 0.137. The molecule has 0 bridgehead atoms. The average Bonchev–Trinajstić information content (AvgIpc) is 2.82. The monoisotopic (exact) mass is 622 g/mol. The van der Waals surface area contributed by atoms with E-state index >= 15 is 0 Å². The molecule has 2 radical (unpaired) electrons. The van der Waals surface area contributed by atoms with Gasteiger partial charge in [0.2, 0.25) is 0 Å². The Labute approximate surface area is 221 Å². The molecule has 0 aliphatic heterocycles. The van der Waals surface area contributed by atoms with Crippen LogP contribution < -0.4 is 51.8 Å². The molecule has 37 heavy (non-hydrogen) atoms. The summed E-state index contributed by atoms with van der Waals surface area (Å²) < 4.78 is 0. The molecule has 0 saturated carbocycles. The van der Waals surface area contributed by atoms with Crippen LogP contribution in [0.3, 0.4) is 0 Å². The van der Waals surface area contributed by atoms with Gasteiger partial charge >= 0.3 is 29.8 Å². The van der Waals surface area contributed by atoms with Crippen molar-refractivity contribution in [1.29, 1.82) is 0 Å². The molecule has 0 aromatic carbocycles. The maximum atomic E-state index is 9.31. The van der Waals surface area contributed by atoms with E-state index in [-0.39, 0.29) is 37.1 Å². The number of carbonyl (C=O) groups excluding carboxylic acids is 10. The summed E-state index contributed by atoms with van der Waals surface area (Å²) >= 11 is 0. The molecule has 0 spiro atoms. The van der Waals surface area contributed by atoms with Crippen LogP contribution in [0.15, 0.2) is 0 Å². The summed E-state index contributed by atoms with van der Waals surface area (Å²) in [6.45, 7) is 0. The maximum absolute atomic E-state index is 9.31. The minimum absolute atomic E-state index is 0. The molecule has 0 aromatic rings. The van der Waals surface area contributed by atoms with E-state index in [0.29, 0.717) is 0 Å². The number of hydrogen-bond acceptors (Lipinski definition) is 25. The van der Waals surface area contributed by atoms with Crippen LogP contribution in [-0.2, 0) is 109 Å². The van der Waals surface area contributed by atoms with Gasteiger partial charge in [-0.2, -0.15) is 0 Å². The number of carboxylic acid groups (broad SMARTS) is 5. The second-order valence-corrected chi connectivity index (χ2v) is 3.29. The molecule has 0 amide bonds. The van der Waals surface area contributed by atoms with Crippen LogP contribution in [0.1, 0.15) is 0 Å². The van der Waals surface area contributed by atoms with Gasteiger partial charge in [0.05, 0.1) is 0 Å². The molecule has 25 nitrogen and oxygen atoms in total. The molecule has 0 saturated heterocycles. The number of rotatable bonds is 0. The van der Waals surface area contributed by atoms with Gasteiger partial charge in [0.25, 0.3) is 0 Å². The molecule has 0 N–H and O–H groups in total. The van der Waals surface area contributed by atoms with E-state index < -0.39 is 59.7 Å². The topological polar surface area (TPSA) is 447 Å². The molecular weight excluding hydrogens is 622 g/mol. The first-order chi connectivity index (χ1) is 15.9. The summed E-state index contributed by atoms with van der Waals surface area (Å²) in [5.74, 6) is -20.2. The van der Waals surface area contributed by atoms with Crippen LogP contribution in [0.25, 0.3) is 0 Å². The number of hydrogen-bond donors (Lipinski definition) is 0. The largest absolute Gasteiger partial charge is 0.661 e. The fourth-order valence-electron chi connectivity index (χ4n) is 0.170. The normalized spacial score (nSPS) is 7.16. The minimum Gasteiger partial charge on any atom is -0.661 e. The Morgan fingerprint density at radius 2 is 0.378 bits per heavy atom. The Morgan fingerprint density at radius 1 is 0.297 bits per heavy atom. The standard InChI is InChI=1S/5C2H2O5.2V/c5*3-1(4)2(5)7-6;;/h5*6H,(H,3,4);;/p-10. The Hall–Kier alpha value is -4.33. The molecule has 0 fully saturated rings. The third-order valence-corrected chi connectivity index (χ3v) is 1.21. The zero-order chi connectivity index (χ0) is 29.3. The van der Waals surface area contributed by atoms with Gasteiger partial charge in [-0.05, 0) is 0 Å². The number of carboxylic acids is 5. The van der Waals surface area contributed by atoms with Crippen molar-refractivity contribution in [3.63, 3.8) is 0 Å². The predicted molar refractivity (Wildman–Crippen MR) is 55.5 cm³/mol. The Kier molecular flexibility index (Phi) is 42.6. The maximum Gasteiger partial charge on any atom is 0.348 e. The van der Waals surface area contributed by atoms with Gasteiger partial charge in [-0.25, -0.2) is 24.0 Å². The van der Waals surface area contributed by atoms with Crippen molar-refractivity contribution in [2.45, 2.75) is 0 Å². The molecule has 0 aromatic heterocycles. The van der Waals surface area contributed by atoms with Crippen molar-refractivity contribution in [2.75, 3.05) is 0 Å². The van der Waals surface area contributed by atoms with Gasteiger partial charge in [0.1, 0.15) is 0 Å². The first kappa shape index (κ1) is 49.7. The molecule has 0 rings (SSSR count). The molecular formula is C10O25V2-10. The van der Waals surface area contributed by atoms with Crippen molar-refractivity contribution in [2.24, 2.45) is 0 Å². The average molecular weight is 622 g/mol. The second-order valence-electron chi connectivity index (χ2n) is 3.29. The van der Waals surface area contributed by atoms with Crippen molar-refractivity contribution in [1.82, 2.24) is 0 Å². The van der Waals surface area contributed by atoms with Crippen LogP contribution in [0.2, 0.25) is 0 Å². The minimum atomic E-state index is -2.13. The van der Waals surface area contributed by atoms with Crippen molar-refractivity contribution < 1.29 is 161 Å². The van der Waals surface area contributed by atoms with E-state index in [2.05, 4.69) is 24.4 Å². The third kappa shape index (κ3) is 42.3. The molecule has 210 valence electrons. The van der Waals surface area contributed by atoms with Gasteiger partial charge < -0.3 is 100 Å². The number of aliphatic carboxylic acids is 5. The second kappa shape index (κ2) is 31.7. The molecule has 0 aliphatic rings. The Balaban J connectivity index is -0.0000000600. The van der Waals surface area contributed by atoms with E-state index in [1.165, 1.54) is 0 Å². The summed E-state index contributed by atoms with van der Waals surface area (Å²) in [4.78, 5) is 105. The van der Waals surface area contributed by atoms with Crippen LogP contribution in [0.5, 0.6) is 0 Å². The molecule has 0 unspecified atom stereocenters. The zero-order valence-corrected chi connectivity index (χ0v) is 18.9. The number of carbonyl (C=O) groups is 10. The van der Waals surface area contributed by atoms with Crippen LogP contribution in [-0.4, -0.2) is 59.7 Å². The SMILES string of the molecule is O=C([O-])C(=O)O[O-].O=C([O-])C(=O)O[O-].O=C([O-])C(=O)O[O-].O=C([O-])C(=O)O[O-].O=C([O-])C(=O)O[O-].[V].[V]. The molecule has 0 aliphatic carbocycles. The van der Waals surface area contributed by atoms with Crippen LogP contribution >= 0.6 is 0 Å². The Morgan fingerprint density at radius 3 is 0.378 bits per heavy atom. The zero-order valence-electron chi connectivity index (χ0n) is 16.1. The summed E-state index contributed by atoms with van der Waals surface area (Å²) in [5.41, 5.74) is 0. The van der Waals surface area contributed by atoms with Crippen LogP contribution in [0, 0.1) is 0 Å². The molecule has 0 heterocycles. The molecule has 27 heteroatoms. The first-order valence-electron chi connectivity index (χ1n) is 6.17. The summed E-state index contributed by atoms with van der Waals surface area (Å²) in [7, 11) is 0.